The van der Waals surface area contributed by atoms with E-state index >= 15 is 0 Å². The second kappa shape index (κ2) is 5.86. The summed E-state index contributed by atoms with van der Waals surface area (Å²) in [5.74, 6) is 1.53. The second-order valence-corrected chi connectivity index (χ2v) is 6.14. The van der Waals surface area contributed by atoms with E-state index in [1.54, 1.807) is 0 Å². The fraction of sp³-hybridized carbons (Fsp3) is 0.588. The summed E-state index contributed by atoms with van der Waals surface area (Å²) in [6.45, 7) is 2.89. The minimum absolute atomic E-state index is 0.198. The third-order valence-corrected chi connectivity index (χ3v) is 4.41. The van der Waals surface area contributed by atoms with Gasteiger partial charge in [0, 0.05) is 18.4 Å². The molecule has 1 aromatic rings. The van der Waals surface area contributed by atoms with Crippen LogP contribution in [0.5, 0.6) is 5.75 Å². The van der Waals surface area contributed by atoms with E-state index in [0.717, 1.165) is 38.0 Å². The van der Waals surface area contributed by atoms with E-state index in [-0.39, 0.29) is 17.9 Å². The number of carbonyl (C=O) groups is 1. The Balaban J connectivity index is 1.55. The van der Waals surface area contributed by atoms with Crippen molar-refractivity contribution in [2.75, 3.05) is 6.61 Å². The van der Waals surface area contributed by atoms with E-state index in [4.69, 9.17) is 4.74 Å². The van der Waals surface area contributed by atoms with Crippen molar-refractivity contribution in [2.24, 2.45) is 5.92 Å². The molecule has 1 unspecified atom stereocenters. The standard InChI is InChI=1S/C17H23NO2/c1-12(18-17(19)14-4-2-3-5-14)10-13-6-7-16-15(11-13)8-9-20-16/h6-7,11-12,14H,2-5,8-10H2,1H3,(H,18,19). The van der Waals surface area contributed by atoms with Crippen molar-refractivity contribution in [1.82, 2.24) is 5.32 Å². The Kier molecular flexibility index (Phi) is 3.95. The molecule has 3 heteroatoms. The Morgan fingerprint density at radius 2 is 2.20 bits per heavy atom. The molecule has 1 amide bonds. The average molecular weight is 273 g/mol. The molecule has 1 heterocycles. The molecule has 2 aliphatic rings. The quantitative estimate of drug-likeness (QED) is 0.916. The summed E-state index contributed by atoms with van der Waals surface area (Å²) in [5.41, 5.74) is 2.59. The van der Waals surface area contributed by atoms with E-state index < -0.39 is 0 Å². The van der Waals surface area contributed by atoms with Crippen LogP contribution in [0, 0.1) is 5.92 Å². The van der Waals surface area contributed by atoms with Gasteiger partial charge in [0.15, 0.2) is 0 Å². The Labute approximate surface area is 120 Å². The van der Waals surface area contributed by atoms with Crippen molar-refractivity contribution in [3.8, 4) is 5.75 Å². The van der Waals surface area contributed by atoms with E-state index in [1.807, 2.05) is 0 Å². The number of benzene rings is 1. The molecule has 3 rings (SSSR count). The summed E-state index contributed by atoms with van der Waals surface area (Å²) in [6.07, 6.45) is 6.44. The smallest absolute Gasteiger partial charge is 0.223 e. The normalized spacial score (nSPS) is 19.4. The van der Waals surface area contributed by atoms with E-state index in [2.05, 4.69) is 30.4 Å². The van der Waals surface area contributed by atoms with E-state index in [0.29, 0.717) is 0 Å². The highest BCUT2D eigenvalue weighted by molar-refractivity contribution is 5.79. The van der Waals surface area contributed by atoms with Crippen LogP contribution in [0.3, 0.4) is 0 Å². The first-order chi connectivity index (χ1) is 9.72. The molecule has 0 aromatic heterocycles. The minimum atomic E-state index is 0.198. The topological polar surface area (TPSA) is 38.3 Å². The Morgan fingerprint density at radius 1 is 1.40 bits per heavy atom. The highest BCUT2D eigenvalue weighted by Crippen LogP contribution is 2.27. The number of hydrogen-bond acceptors (Lipinski definition) is 2. The van der Waals surface area contributed by atoms with Gasteiger partial charge in [-0.05, 0) is 43.4 Å². The molecule has 1 aromatic carbocycles. The molecular formula is C17H23NO2. The lowest BCUT2D eigenvalue weighted by molar-refractivity contribution is -0.125. The molecule has 1 aliphatic carbocycles. The summed E-state index contributed by atoms with van der Waals surface area (Å²) in [4.78, 5) is 12.1. The maximum absolute atomic E-state index is 12.1. The molecule has 0 bridgehead atoms. The lowest BCUT2D eigenvalue weighted by Gasteiger charge is -2.17. The van der Waals surface area contributed by atoms with Crippen LogP contribution in [-0.4, -0.2) is 18.6 Å². The molecule has 20 heavy (non-hydrogen) atoms. The molecule has 108 valence electrons. The monoisotopic (exact) mass is 273 g/mol. The Hall–Kier alpha value is -1.51. The van der Waals surface area contributed by atoms with Gasteiger partial charge in [0.1, 0.15) is 5.75 Å². The van der Waals surface area contributed by atoms with Crippen molar-refractivity contribution < 1.29 is 9.53 Å². The Morgan fingerprint density at radius 3 is 3.00 bits per heavy atom. The van der Waals surface area contributed by atoms with Gasteiger partial charge in [0.25, 0.3) is 0 Å². The zero-order chi connectivity index (χ0) is 13.9. The first-order valence-corrected chi connectivity index (χ1v) is 7.77. The van der Waals surface area contributed by atoms with Crippen molar-refractivity contribution >= 4 is 5.91 Å². The number of rotatable bonds is 4. The van der Waals surface area contributed by atoms with Crippen LogP contribution in [-0.2, 0) is 17.6 Å². The maximum atomic E-state index is 12.1. The summed E-state index contributed by atoms with van der Waals surface area (Å²) in [7, 11) is 0. The average Bonchev–Trinajstić information content (AvgIpc) is 3.09. The summed E-state index contributed by atoms with van der Waals surface area (Å²) in [6, 6.07) is 6.59. The fourth-order valence-corrected chi connectivity index (χ4v) is 3.32. The largest absolute Gasteiger partial charge is 0.493 e. The molecule has 1 fully saturated rings. The van der Waals surface area contributed by atoms with Crippen LogP contribution in [0.2, 0.25) is 0 Å². The van der Waals surface area contributed by atoms with Crippen LogP contribution >= 0.6 is 0 Å². The van der Waals surface area contributed by atoms with Gasteiger partial charge in [-0.2, -0.15) is 0 Å². The van der Waals surface area contributed by atoms with Crippen LogP contribution in [0.25, 0.3) is 0 Å². The van der Waals surface area contributed by atoms with Crippen LogP contribution in [0.15, 0.2) is 18.2 Å². The molecule has 1 aliphatic heterocycles. The van der Waals surface area contributed by atoms with Gasteiger partial charge >= 0.3 is 0 Å². The first-order valence-electron chi connectivity index (χ1n) is 7.77. The van der Waals surface area contributed by atoms with Gasteiger partial charge in [-0.25, -0.2) is 0 Å². The highest BCUT2D eigenvalue weighted by atomic mass is 16.5. The van der Waals surface area contributed by atoms with Gasteiger partial charge < -0.3 is 10.1 Å². The summed E-state index contributed by atoms with van der Waals surface area (Å²) in [5, 5.41) is 3.17. The molecule has 1 N–H and O–H groups in total. The van der Waals surface area contributed by atoms with Gasteiger partial charge in [-0.15, -0.1) is 0 Å². The van der Waals surface area contributed by atoms with E-state index in [9.17, 15) is 4.79 Å². The predicted octanol–water partition coefficient (Wildman–Crippen LogP) is 2.86. The van der Waals surface area contributed by atoms with Gasteiger partial charge in [-0.3, -0.25) is 4.79 Å². The summed E-state index contributed by atoms with van der Waals surface area (Å²) < 4.78 is 5.52. The third-order valence-electron chi connectivity index (χ3n) is 4.41. The zero-order valence-corrected chi connectivity index (χ0v) is 12.2. The number of amides is 1. The zero-order valence-electron chi connectivity index (χ0n) is 12.2. The molecule has 0 radical (unpaired) electrons. The van der Waals surface area contributed by atoms with Crippen molar-refractivity contribution in [2.45, 2.75) is 51.5 Å². The third kappa shape index (κ3) is 2.97. The molecule has 0 saturated heterocycles. The lowest BCUT2D eigenvalue weighted by Crippen LogP contribution is -2.37. The molecular weight excluding hydrogens is 250 g/mol. The van der Waals surface area contributed by atoms with Crippen molar-refractivity contribution in [1.29, 1.82) is 0 Å². The molecule has 0 spiro atoms. The van der Waals surface area contributed by atoms with Gasteiger partial charge in [0.2, 0.25) is 5.91 Å². The second-order valence-electron chi connectivity index (χ2n) is 6.14. The van der Waals surface area contributed by atoms with E-state index in [1.165, 1.54) is 24.0 Å². The first kappa shape index (κ1) is 13.5. The number of fused-ring (bicyclic) bond motifs is 1. The highest BCUT2D eigenvalue weighted by Gasteiger charge is 2.23. The number of hydrogen-bond donors (Lipinski definition) is 1. The Bertz CT molecular complexity index is 492. The van der Waals surface area contributed by atoms with Crippen LogP contribution in [0.1, 0.15) is 43.7 Å². The summed E-state index contributed by atoms with van der Waals surface area (Å²) >= 11 is 0. The number of nitrogens with one attached hydrogen (secondary N) is 1. The van der Waals surface area contributed by atoms with Crippen molar-refractivity contribution in [3.05, 3.63) is 29.3 Å². The number of ether oxygens (including phenoxy) is 1. The van der Waals surface area contributed by atoms with Crippen LogP contribution in [0.4, 0.5) is 0 Å². The van der Waals surface area contributed by atoms with Crippen molar-refractivity contribution in [3.63, 3.8) is 0 Å². The van der Waals surface area contributed by atoms with Crippen LogP contribution < -0.4 is 10.1 Å². The number of carbonyl (C=O) groups excluding carboxylic acids is 1. The molecule has 1 atom stereocenters. The van der Waals surface area contributed by atoms with Gasteiger partial charge in [-0.1, -0.05) is 25.0 Å². The predicted molar refractivity (Wildman–Crippen MR) is 78.9 cm³/mol. The minimum Gasteiger partial charge on any atom is -0.493 e. The SMILES string of the molecule is CC(Cc1ccc2c(c1)CCO2)NC(=O)C1CCCC1. The van der Waals surface area contributed by atoms with Gasteiger partial charge in [0.05, 0.1) is 6.61 Å². The lowest BCUT2D eigenvalue weighted by atomic mass is 10.0. The fourth-order valence-electron chi connectivity index (χ4n) is 3.32. The molecule has 1 saturated carbocycles. The maximum Gasteiger partial charge on any atom is 0.223 e. The molecule has 3 nitrogen and oxygen atoms in total.